The van der Waals surface area contributed by atoms with Gasteiger partial charge in [-0.1, -0.05) is 11.8 Å². The molecule has 2 rings (SSSR count). The SMILES string of the molecule is CSC(=Nc1ccc(SCC(=O)Nc2ccc(OC(F)(F)F)cc2)cc1)NC#N. The highest BCUT2D eigenvalue weighted by atomic mass is 32.2. The lowest BCUT2D eigenvalue weighted by atomic mass is 10.3. The molecule has 1 amide bonds. The number of amidine groups is 1. The number of hydrogen-bond donors (Lipinski definition) is 2. The molecule has 0 atom stereocenters. The maximum absolute atomic E-state index is 12.1. The number of anilines is 1. The van der Waals surface area contributed by atoms with Crippen LogP contribution in [0.4, 0.5) is 24.5 Å². The van der Waals surface area contributed by atoms with Crippen molar-refractivity contribution in [2.24, 2.45) is 4.99 Å². The highest BCUT2D eigenvalue weighted by Gasteiger charge is 2.30. The Bertz CT molecular complexity index is 895. The second-order valence-electron chi connectivity index (χ2n) is 5.26. The van der Waals surface area contributed by atoms with Gasteiger partial charge in [-0.15, -0.1) is 24.9 Å². The molecule has 0 unspecified atom stereocenters. The average molecular weight is 440 g/mol. The van der Waals surface area contributed by atoms with Crippen molar-refractivity contribution in [3.05, 3.63) is 48.5 Å². The lowest BCUT2D eigenvalue weighted by molar-refractivity contribution is -0.274. The number of rotatable bonds is 6. The molecule has 2 aromatic rings. The minimum absolute atomic E-state index is 0.121. The number of amides is 1. The predicted octanol–water partition coefficient (Wildman–Crippen LogP) is 4.74. The molecule has 0 saturated heterocycles. The third-order valence-electron chi connectivity index (χ3n) is 3.17. The van der Waals surface area contributed by atoms with Crippen LogP contribution in [-0.2, 0) is 4.79 Å². The van der Waals surface area contributed by atoms with Crippen LogP contribution in [0.3, 0.4) is 0 Å². The molecule has 0 radical (unpaired) electrons. The fourth-order valence-electron chi connectivity index (χ4n) is 1.99. The summed E-state index contributed by atoms with van der Waals surface area (Å²) in [6.07, 6.45) is -1.16. The first-order chi connectivity index (χ1) is 13.8. The first-order valence-corrected chi connectivity index (χ1v) is 10.2. The molecule has 2 aromatic carbocycles. The molecule has 0 aromatic heterocycles. The fraction of sp³-hybridized carbons (Fsp3) is 0.167. The zero-order chi connectivity index (χ0) is 21.3. The quantitative estimate of drug-likeness (QED) is 0.222. The van der Waals surface area contributed by atoms with E-state index in [1.165, 1.54) is 35.7 Å². The van der Waals surface area contributed by atoms with Crippen molar-refractivity contribution in [3.8, 4) is 11.9 Å². The molecule has 0 heterocycles. The summed E-state index contributed by atoms with van der Waals surface area (Å²) >= 11 is 2.60. The Balaban J connectivity index is 1.85. The van der Waals surface area contributed by atoms with Crippen LogP contribution in [0.1, 0.15) is 0 Å². The van der Waals surface area contributed by atoms with E-state index in [0.717, 1.165) is 17.0 Å². The number of thioether (sulfide) groups is 2. The van der Waals surface area contributed by atoms with E-state index in [2.05, 4.69) is 20.4 Å². The number of carbonyl (C=O) groups excluding carboxylic acids is 1. The zero-order valence-electron chi connectivity index (χ0n) is 15.0. The summed E-state index contributed by atoms with van der Waals surface area (Å²) in [5.74, 6) is -0.540. The fourth-order valence-corrected chi connectivity index (χ4v) is 3.04. The molecule has 2 N–H and O–H groups in total. The molecule has 0 saturated carbocycles. The summed E-state index contributed by atoms with van der Waals surface area (Å²) in [4.78, 5) is 17.1. The summed E-state index contributed by atoms with van der Waals surface area (Å²) in [5.41, 5.74) is 1.02. The Kier molecular flexibility index (Phi) is 8.23. The third-order valence-corrected chi connectivity index (χ3v) is 4.76. The molecule has 0 aliphatic rings. The van der Waals surface area contributed by atoms with Gasteiger partial charge >= 0.3 is 6.36 Å². The molecule has 0 bridgehead atoms. The lowest BCUT2D eigenvalue weighted by Crippen LogP contribution is -2.17. The number of halogens is 3. The van der Waals surface area contributed by atoms with Gasteiger partial charge in [-0.3, -0.25) is 10.1 Å². The van der Waals surface area contributed by atoms with Crippen LogP contribution in [0.5, 0.6) is 5.75 Å². The van der Waals surface area contributed by atoms with Gasteiger partial charge in [0.1, 0.15) is 5.75 Å². The molecular formula is C18H15F3N4O2S2. The van der Waals surface area contributed by atoms with Crippen LogP contribution >= 0.6 is 23.5 Å². The Morgan fingerprint density at radius 1 is 1.17 bits per heavy atom. The van der Waals surface area contributed by atoms with Crippen molar-refractivity contribution >= 4 is 46.0 Å². The Labute approximate surface area is 173 Å². The predicted molar refractivity (Wildman–Crippen MR) is 108 cm³/mol. The molecule has 0 aliphatic heterocycles. The van der Waals surface area contributed by atoms with Crippen LogP contribution < -0.4 is 15.4 Å². The van der Waals surface area contributed by atoms with Crippen LogP contribution in [0, 0.1) is 11.5 Å². The maximum atomic E-state index is 12.1. The van der Waals surface area contributed by atoms with Crippen LogP contribution in [0.25, 0.3) is 0 Å². The largest absolute Gasteiger partial charge is 0.573 e. The Morgan fingerprint density at radius 3 is 2.38 bits per heavy atom. The van der Waals surface area contributed by atoms with E-state index >= 15 is 0 Å². The molecule has 152 valence electrons. The van der Waals surface area contributed by atoms with E-state index in [1.807, 2.05) is 6.19 Å². The molecule has 0 fully saturated rings. The standard InChI is InChI=1S/C18H15F3N4O2S2/c1-28-17(23-11-22)25-13-4-8-15(9-5-13)29-10-16(26)24-12-2-6-14(7-3-12)27-18(19,20)21/h2-9H,10H2,1H3,(H,23,25)(H,24,26). The minimum atomic E-state index is -4.76. The van der Waals surface area contributed by atoms with Crippen molar-refractivity contribution in [1.82, 2.24) is 5.32 Å². The second kappa shape index (κ2) is 10.6. The highest BCUT2D eigenvalue weighted by molar-refractivity contribution is 8.13. The Hall–Kier alpha value is -2.84. The van der Waals surface area contributed by atoms with Gasteiger partial charge in [-0.2, -0.15) is 5.26 Å². The number of ether oxygens (including phenoxy) is 1. The summed E-state index contributed by atoms with van der Waals surface area (Å²) < 4.78 is 40.2. The number of nitrogens with zero attached hydrogens (tertiary/aromatic N) is 2. The van der Waals surface area contributed by atoms with E-state index in [0.29, 0.717) is 16.5 Å². The van der Waals surface area contributed by atoms with Crippen molar-refractivity contribution < 1.29 is 22.7 Å². The first-order valence-electron chi connectivity index (χ1n) is 7.95. The second-order valence-corrected chi connectivity index (χ2v) is 7.10. The van der Waals surface area contributed by atoms with Gasteiger partial charge in [-0.05, 0) is 54.8 Å². The van der Waals surface area contributed by atoms with Gasteiger partial charge in [0, 0.05) is 10.6 Å². The number of aliphatic imine (C=N–C) groups is 1. The number of nitrogens with one attached hydrogen (secondary N) is 2. The van der Waals surface area contributed by atoms with E-state index < -0.39 is 6.36 Å². The monoisotopic (exact) mass is 440 g/mol. The van der Waals surface area contributed by atoms with E-state index in [4.69, 9.17) is 5.26 Å². The zero-order valence-corrected chi connectivity index (χ0v) is 16.6. The summed E-state index contributed by atoms with van der Waals surface area (Å²) in [6, 6.07) is 12.0. The number of benzene rings is 2. The molecule has 0 aliphatic carbocycles. The number of alkyl halides is 3. The number of nitriles is 1. The Morgan fingerprint density at radius 2 is 1.83 bits per heavy atom. The molecule has 11 heteroatoms. The average Bonchev–Trinajstić information content (AvgIpc) is 2.67. The molecule has 0 spiro atoms. The smallest absolute Gasteiger partial charge is 0.406 e. The molecular weight excluding hydrogens is 425 g/mol. The molecule has 6 nitrogen and oxygen atoms in total. The van der Waals surface area contributed by atoms with Crippen molar-refractivity contribution in [2.75, 3.05) is 17.3 Å². The first kappa shape index (κ1) is 22.4. The maximum Gasteiger partial charge on any atom is 0.573 e. The van der Waals surface area contributed by atoms with Crippen molar-refractivity contribution in [1.29, 1.82) is 5.26 Å². The van der Waals surface area contributed by atoms with Crippen LogP contribution in [0.15, 0.2) is 58.4 Å². The van der Waals surface area contributed by atoms with Crippen molar-refractivity contribution in [3.63, 3.8) is 0 Å². The minimum Gasteiger partial charge on any atom is -0.406 e. The van der Waals surface area contributed by atoms with Crippen molar-refractivity contribution in [2.45, 2.75) is 11.3 Å². The van der Waals surface area contributed by atoms with Gasteiger partial charge in [0.25, 0.3) is 0 Å². The van der Waals surface area contributed by atoms with E-state index in [1.54, 1.807) is 30.5 Å². The van der Waals surface area contributed by atoms with Gasteiger partial charge in [0.2, 0.25) is 5.91 Å². The summed E-state index contributed by atoms with van der Waals surface area (Å²) in [6.45, 7) is 0. The number of carbonyl (C=O) groups is 1. The summed E-state index contributed by atoms with van der Waals surface area (Å²) in [5, 5.41) is 14.2. The van der Waals surface area contributed by atoms with Gasteiger partial charge in [0.05, 0.1) is 11.4 Å². The van der Waals surface area contributed by atoms with Gasteiger partial charge in [-0.25, -0.2) is 4.99 Å². The normalized spacial score (nSPS) is 11.5. The van der Waals surface area contributed by atoms with Crippen LogP contribution in [0.2, 0.25) is 0 Å². The van der Waals surface area contributed by atoms with Gasteiger partial charge in [0.15, 0.2) is 11.4 Å². The number of hydrogen-bond acceptors (Lipinski definition) is 6. The highest BCUT2D eigenvalue weighted by Crippen LogP contribution is 2.25. The molecule has 29 heavy (non-hydrogen) atoms. The lowest BCUT2D eigenvalue weighted by Gasteiger charge is -2.10. The third kappa shape index (κ3) is 8.37. The summed E-state index contributed by atoms with van der Waals surface area (Å²) in [7, 11) is 0. The van der Waals surface area contributed by atoms with Crippen LogP contribution in [-0.4, -0.2) is 29.4 Å². The topological polar surface area (TPSA) is 86.5 Å². The van der Waals surface area contributed by atoms with E-state index in [9.17, 15) is 18.0 Å². The van der Waals surface area contributed by atoms with E-state index in [-0.39, 0.29) is 17.4 Å². The van der Waals surface area contributed by atoms with Gasteiger partial charge < -0.3 is 10.1 Å².